The highest BCUT2D eigenvalue weighted by Gasteiger charge is 2.03. The molecule has 0 unspecified atom stereocenters. The third-order valence-corrected chi connectivity index (χ3v) is 3.19. The van der Waals surface area contributed by atoms with Crippen LogP contribution in [0.5, 0.6) is 0 Å². The van der Waals surface area contributed by atoms with Crippen LogP contribution in [0, 0.1) is 0 Å². The molecule has 0 fully saturated rings. The molecule has 0 aromatic heterocycles. The molecule has 0 saturated heterocycles. The van der Waals surface area contributed by atoms with Gasteiger partial charge in [-0.15, -0.1) is 11.8 Å². The van der Waals surface area contributed by atoms with Gasteiger partial charge in [0.25, 0.3) is 0 Å². The van der Waals surface area contributed by atoms with Crippen LogP contribution in [0.1, 0.15) is 13.3 Å². The number of rotatable bonds is 5. The molecule has 0 saturated carbocycles. The van der Waals surface area contributed by atoms with Gasteiger partial charge in [-0.2, -0.15) is 0 Å². The van der Waals surface area contributed by atoms with E-state index in [1.165, 1.54) is 0 Å². The van der Waals surface area contributed by atoms with Crippen LogP contribution in [0.2, 0.25) is 5.02 Å². The van der Waals surface area contributed by atoms with Gasteiger partial charge < -0.3 is 5.11 Å². The lowest BCUT2D eigenvalue weighted by molar-refractivity contribution is -0.132. The zero-order valence-corrected chi connectivity index (χ0v) is 10.5. The second-order valence-corrected chi connectivity index (χ2v) is 4.69. The maximum absolute atomic E-state index is 10.7. The Labute approximate surface area is 104 Å². The van der Waals surface area contributed by atoms with Crippen LogP contribution in [0.4, 0.5) is 0 Å². The molecular weight excluding hydrogens is 244 g/mol. The van der Waals surface area contributed by atoms with E-state index < -0.39 is 5.97 Å². The lowest BCUT2D eigenvalue weighted by atomic mass is 10.2. The Hall–Kier alpha value is -0.930. The quantitative estimate of drug-likeness (QED) is 0.642. The van der Waals surface area contributed by atoms with Crippen molar-refractivity contribution in [2.45, 2.75) is 18.2 Å². The maximum atomic E-state index is 10.7. The van der Waals surface area contributed by atoms with Gasteiger partial charge >= 0.3 is 5.97 Å². The molecule has 0 aliphatic rings. The average molecular weight is 257 g/mol. The van der Waals surface area contributed by atoms with Gasteiger partial charge in [0, 0.05) is 21.2 Å². The van der Waals surface area contributed by atoms with Gasteiger partial charge in [-0.1, -0.05) is 30.7 Å². The number of carbonyl (C=O) groups is 1. The SMILES string of the molecule is CCC(=CCSc1cccc(Cl)c1)C(=O)O. The monoisotopic (exact) mass is 256 g/mol. The summed E-state index contributed by atoms with van der Waals surface area (Å²) in [6, 6.07) is 7.52. The molecule has 0 bridgehead atoms. The Morgan fingerprint density at radius 2 is 2.31 bits per heavy atom. The topological polar surface area (TPSA) is 37.3 Å². The van der Waals surface area contributed by atoms with Gasteiger partial charge in [-0.3, -0.25) is 0 Å². The summed E-state index contributed by atoms with van der Waals surface area (Å²) in [5, 5.41) is 9.51. The molecule has 1 rings (SSSR count). The van der Waals surface area contributed by atoms with E-state index in [9.17, 15) is 4.79 Å². The summed E-state index contributed by atoms with van der Waals surface area (Å²) < 4.78 is 0. The molecule has 1 N–H and O–H groups in total. The molecule has 16 heavy (non-hydrogen) atoms. The number of carboxylic acid groups (broad SMARTS) is 1. The molecule has 0 aliphatic carbocycles. The largest absolute Gasteiger partial charge is 0.478 e. The van der Waals surface area contributed by atoms with Gasteiger partial charge in [-0.05, 0) is 24.6 Å². The summed E-state index contributed by atoms with van der Waals surface area (Å²) in [4.78, 5) is 11.8. The van der Waals surface area contributed by atoms with Gasteiger partial charge in [-0.25, -0.2) is 4.79 Å². The third-order valence-electron chi connectivity index (χ3n) is 2.03. The van der Waals surface area contributed by atoms with Crippen molar-refractivity contribution in [3.63, 3.8) is 0 Å². The van der Waals surface area contributed by atoms with Crippen molar-refractivity contribution in [2.75, 3.05) is 5.75 Å². The number of hydrogen-bond donors (Lipinski definition) is 1. The number of carboxylic acids is 1. The summed E-state index contributed by atoms with van der Waals surface area (Å²) in [6.45, 7) is 1.84. The first kappa shape index (κ1) is 13.1. The molecule has 0 atom stereocenters. The minimum atomic E-state index is -0.839. The van der Waals surface area contributed by atoms with Crippen LogP contribution < -0.4 is 0 Å². The van der Waals surface area contributed by atoms with Crippen LogP contribution in [-0.4, -0.2) is 16.8 Å². The van der Waals surface area contributed by atoms with E-state index in [1.807, 2.05) is 31.2 Å². The Morgan fingerprint density at radius 3 is 2.88 bits per heavy atom. The molecule has 0 spiro atoms. The first-order valence-corrected chi connectivity index (χ1v) is 6.30. The molecule has 2 nitrogen and oxygen atoms in total. The summed E-state index contributed by atoms with van der Waals surface area (Å²) in [6.07, 6.45) is 2.29. The van der Waals surface area contributed by atoms with E-state index in [2.05, 4.69) is 0 Å². The van der Waals surface area contributed by atoms with Gasteiger partial charge in [0.2, 0.25) is 0 Å². The molecule has 1 aromatic rings. The van der Waals surface area contributed by atoms with Crippen molar-refractivity contribution < 1.29 is 9.90 Å². The summed E-state index contributed by atoms with van der Waals surface area (Å²) in [5.41, 5.74) is 0.453. The number of benzene rings is 1. The van der Waals surface area contributed by atoms with Crippen molar-refractivity contribution in [1.29, 1.82) is 0 Å². The highest BCUT2D eigenvalue weighted by molar-refractivity contribution is 7.99. The molecular formula is C12H13ClO2S. The van der Waals surface area contributed by atoms with Crippen molar-refractivity contribution in [3.8, 4) is 0 Å². The Kier molecular flexibility index (Phi) is 5.43. The molecule has 4 heteroatoms. The highest BCUT2D eigenvalue weighted by atomic mass is 35.5. The number of thioether (sulfide) groups is 1. The molecule has 0 aliphatic heterocycles. The zero-order chi connectivity index (χ0) is 12.0. The first-order valence-electron chi connectivity index (χ1n) is 4.94. The maximum Gasteiger partial charge on any atom is 0.331 e. The summed E-state index contributed by atoms with van der Waals surface area (Å²) in [5.74, 6) is -0.190. The second-order valence-electron chi connectivity index (χ2n) is 3.16. The second kappa shape index (κ2) is 6.61. The van der Waals surface area contributed by atoms with Crippen LogP contribution >= 0.6 is 23.4 Å². The van der Waals surface area contributed by atoms with Crippen LogP contribution in [0.25, 0.3) is 0 Å². The fourth-order valence-electron chi connectivity index (χ4n) is 1.18. The first-order chi connectivity index (χ1) is 7.63. The van der Waals surface area contributed by atoms with Crippen molar-refractivity contribution in [1.82, 2.24) is 0 Å². The summed E-state index contributed by atoms with van der Waals surface area (Å²) in [7, 11) is 0. The van der Waals surface area contributed by atoms with Crippen molar-refractivity contribution >= 4 is 29.3 Å². The van der Waals surface area contributed by atoms with Gasteiger partial charge in [0.1, 0.15) is 0 Å². The van der Waals surface area contributed by atoms with Crippen LogP contribution in [0.15, 0.2) is 40.8 Å². The van der Waals surface area contributed by atoms with Crippen LogP contribution in [-0.2, 0) is 4.79 Å². The fourth-order valence-corrected chi connectivity index (χ4v) is 2.30. The minimum absolute atomic E-state index is 0.453. The molecule has 1 aromatic carbocycles. The van der Waals surface area contributed by atoms with E-state index in [0.29, 0.717) is 22.8 Å². The van der Waals surface area contributed by atoms with Crippen LogP contribution in [0.3, 0.4) is 0 Å². The number of halogens is 1. The predicted molar refractivity (Wildman–Crippen MR) is 68.2 cm³/mol. The standard InChI is InChI=1S/C12H13ClO2S/c1-2-9(12(14)15)6-7-16-11-5-3-4-10(13)8-11/h3-6,8H,2,7H2,1H3,(H,14,15). The number of hydrogen-bond acceptors (Lipinski definition) is 2. The Morgan fingerprint density at radius 1 is 1.56 bits per heavy atom. The minimum Gasteiger partial charge on any atom is -0.478 e. The lowest BCUT2D eigenvalue weighted by Crippen LogP contribution is -1.99. The zero-order valence-electron chi connectivity index (χ0n) is 8.94. The van der Waals surface area contributed by atoms with Gasteiger partial charge in [0.15, 0.2) is 0 Å². The smallest absolute Gasteiger partial charge is 0.331 e. The summed E-state index contributed by atoms with van der Waals surface area (Å²) >= 11 is 7.41. The third kappa shape index (κ3) is 4.29. The predicted octanol–water partition coefficient (Wildman–Crippen LogP) is 3.85. The van der Waals surface area contributed by atoms with E-state index in [-0.39, 0.29) is 0 Å². The van der Waals surface area contributed by atoms with Crippen molar-refractivity contribution in [3.05, 3.63) is 40.9 Å². The Balaban J connectivity index is 2.55. The fraction of sp³-hybridized carbons (Fsp3) is 0.250. The van der Waals surface area contributed by atoms with Gasteiger partial charge in [0.05, 0.1) is 0 Å². The van der Waals surface area contributed by atoms with Crippen molar-refractivity contribution in [2.24, 2.45) is 0 Å². The van der Waals surface area contributed by atoms with E-state index in [1.54, 1.807) is 17.8 Å². The average Bonchev–Trinajstić information content (AvgIpc) is 2.24. The molecule has 0 amide bonds. The van der Waals surface area contributed by atoms with E-state index in [4.69, 9.17) is 16.7 Å². The van der Waals surface area contributed by atoms with E-state index >= 15 is 0 Å². The molecule has 0 radical (unpaired) electrons. The number of aliphatic carboxylic acids is 1. The lowest BCUT2D eigenvalue weighted by Gasteiger charge is -2.00. The Bertz CT molecular complexity index is 402. The van der Waals surface area contributed by atoms with E-state index in [0.717, 1.165) is 4.90 Å². The molecule has 86 valence electrons. The normalized spacial score (nSPS) is 11.5. The highest BCUT2D eigenvalue weighted by Crippen LogP contribution is 2.22. The molecule has 0 heterocycles.